The number of nitrogens with one attached hydrogen (secondary N) is 1. The van der Waals surface area contributed by atoms with E-state index in [1.54, 1.807) is 0 Å². The van der Waals surface area contributed by atoms with Gasteiger partial charge in [0.15, 0.2) is 0 Å². The summed E-state index contributed by atoms with van der Waals surface area (Å²) in [5, 5.41) is 2.10. The summed E-state index contributed by atoms with van der Waals surface area (Å²) in [4.78, 5) is 12.2. The lowest BCUT2D eigenvalue weighted by atomic mass is 9.56. The van der Waals surface area contributed by atoms with Crippen molar-refractivity contribution in [2.24, 2.45) is 10.8 Å². The number of carbonyl (C=O) groups excluding carboxylic acids is 1. The van der Waals surface area contributed by atoms with Crippen LogP contribution in [0.5, 0.6) is 0 Å². The highest BCUT2D eigenvalue weighted by molar-refractivity contribution is 5.83. The molecule has 3 nitrogen and oxygen atoms in total. The fourth-order valence-corrected chi connectivity index (χ4v) is 2.35. The summed E-state index contributed by atoms with van der Waals surface area (Å²) >= 11 is 0. The monoisotopic (exact) mass is 226 g/mol. The maximum atomic E-state index is 12.2. The van der Waals surface area contributed by atoms with E-state index in [2.05, 4.69) is 45.1 Å². The van der Waals surface area contributed by atoms with E-state index in [1.165, 1.54) is 0 Å². The van der Waals surface area contributed by atoms with Crippen LogP contribution in [0.4, 0.5) is 0 Å². The van der Waals surface area contributed by atoms with E-state index < -0.39 is 0 Å². The first-order valence-corrected chi connectivity index (χ1v) is 6.17. The topological polar surface area (TPSA) is 32.3 Å². The van der Waals surface area contributed by atoms with Gasteiger partial charge in [0.25, 0.3) is 0 Å². The van der Waals surface area contributed by atoms with Crippen LogP contribution in [0.25, 0.3) is 0 Å². The van der Waals surface area contributed by atoms with Gasteiger partial charge in [-0.05, 0) is 25.7 Å². The van der Waals surface area contributed by atoms with Crippen LogP contribution < -0.4 is 5.43 Å². The van der Waals surface area contributed by atoms with Gasteiger partial charge in [0.2, 0.25) is 5.91 Å². The Bertz CT molecular complexity index is 292. The van der Waals surface area contributed by atoms with Crippen LogP contribution in [-0.4, -0.2) is 23.0 Å². The summed E-state index contributed by atoms with van der Waals surface area (Å²) in [5.41, 5.74) is 2.59. The van der Waals surface area contributed by atoms with Crippen molar-refractivity contribution in [2.75, 3.05) is 6.54 Å². The molecule has 0 aromatic rings. The number of hydrogen-bond acceptors (Lipinski definition) is 2. The number of hydrazine groups is 1. The highest BCUT2D eigenvalue weighted by atomic mass is 16.2. The van der Waals surface area contributed by atoms with Gasteiger partial charge in [-0.3, -0.25) is 10.2 Å². The van der Waals surface area contributed by atoms with Crippen molar-refractivity contribution in [1.82, 2.24) is 10.4 Å². The van der Waals surface area contributed by atoms with Gasteiger partial charge in [0.05, 0.1) is 5.41 Å². The van der Waals surface area contributed by atoms with Crippen LogP contribution in [0.2, 0.25) is 0 Å². The molecule has 1 fully saturated rings. The van der Waals surface area contributed by atoms with Crippen molar-refractivity contribution in [1.29, 1.82) is 0 Å². The molecule has 1 heterocycles. The van der Waals surface area contributed by atoms with Crippen molar-refractivity contribution in [3.05, 3.63) is 0 Å². The second kappa shape index (κ2) is 3.73. The number of carbonyl (C=O) groups is 1. The third-order valence-electron chi connectivity index (χ3n) is 5.02. The first kappa shape index (κ1) is 13.5. The van der Waals surface area contributed by atoms with E-state index in [0.717, 1.165) is 13.0 Å². The molecule has 0 bridgehead atoms. The van der Waals surface area contributed by atoms with Gasteiger partial charge in [-0.15, -0.1) is 0 Å². The van der Waals surface area contributed by atoms with Gasteiger partial charge in [-0.25, -0.2) is 5.01 Å². The van der Waals surface area contributed by atoms with Crippen LogP contribution in [-0.2, 0) is 4.79 Å². The molecule has 0 atom stereocenters. The fourth-order valence-electron chi connectivity index (χ4n) is 2.35. The molecule has 1 N–H and O–H groups in total. The molecule has 3 heteroatoms. The van der Waals surface area contributed by atoms with Crippen molar-refractivity contribution >= 4 is 5.91 Å². The number of rotatable bonds is 2. The SMILES string of the molecule is CCCN1NC(=O)C(C)(C)C(C)(C)C1(C)C. The lowest BCUT2D eigenvalue weighted by Gasteiger charge is -2.60. The largest absolute Gasteiger partial charge is 0.288 e. The zero-order valence-electron chi connectivity index (χ0n) is 11.8. The van der Waals surface area contributed by atoms with E-state index >= 15 is 0 Å². The Balaban J connectivity index is 3.15. The van der Waals surface area contributed by atoms with E-state index in [0.29, 0.717) is 0 Å². The normalized spacial score (nSPS) is 27.6. The summed E-state index contributed by atoms with van der Waals surface area (Å²) in [7, 11) is 0. The molecule has 0 aliphatic carbocycles. The summed E-state index contributed by atoms with van der Waals surface area (Å²) in [6, 6.07) is 0. The summed E-state index contributed by atoms with van der Waals surface area (Å²) in [5.74, 6) is 0.130. The average Bonchev–Trinajstić information content (AvgIpc) is 2.14. The predicted molar refractivity (Wildman–Crippen MR) is 66.8 cm³/mol. The van der Waals surface area contributed by atoms with Crippen LogP contribution in [0.3, 0.4) is 0 Å². The number of nitrogens with zero attached hydrogens (tertiary/aromatic N) is 1. The minimum absolute atomic E-state index is 0.0413. The van der Waals surface area contributed by atoms with Gasteiger partial charge in [0, 0.05) is 12.1 Å². The fraction of sp³-hybridized carbons (Fsp3) is 0.923. The van der Waals surface area contributed by atoms with Crippen molar-refractivity contribution in [2.45, 2.75) is 60.4 Å². The molecule has 1 aliphatic heterocycles. The maximum absolute atomic E-state index is 12.2. The third-order valence-corrected chi connectivity index (χ3v) is 5.02. The first-order valence-electron chi connectivity index (χ1n) is 6.17. The molecule has 0 spiro atoms. The first-order chi connectivity index (χ1) is 7.09. The lowest BCUT2D eigenvalue weighted by Crippen LogP contribution is -2.72. The molecule has 0 unspecified atom stereocenters. The Morgan fingerprint density at radius 3 is 2.06 bits per heavy atom. The molecular weight excluding hydrogens is 200 g/mol. The van der Waals surface area contributed by atoms with Crippen LogP contribution in [0.15, 0.2) is 0 Å². The van der Waals surface area contributed by atoms with Gasteiger partial charge < -0.3 is 0 Å². The number of amides is 1. The minimum atomic E-state index is -0.346. The van der Waals surface area contributed by atoms with Crippen LogP contribution in [0.1, 0.15) is 54.9 Å². The summed E-state index contributed by atoms with van der Waals surface area (Å²) < 4.78 is 0. The highest BCUT2D eigenvalue weighted by Gasteiger charge is 2.58. The zero-order chi connectivity index (χ0) is 12.8. The van der Waals surface area contributed by atoms with Gasteiger partial charge in [-0.1, -0.05) is 34.6 Å². The Labute approximate surface area is 99.6 Å². The molecule has 1 amide bonds. The quantitative estimate of drug-likeness (QED) is 0.785. The van der Waals surface area contributed by atoms with E-state index in [4.69, 9.17) is 0 Å². The van der Waals surface area contributed by atoms with Crippen molar-refractivity contribution in [3.8, 4) is 0 Å². The maximum Gasteiger partial charge on any atom is 0.240 e. The molecule has 1 saturated heterocycles. The molecule has 1 aliphatic rings. The Hall–Kier alpha value is -0.570. The summed E-state index contributed by atoms with van der Waals surface area (Å²) in [6.07, 6.45) is 1.04. The van der Waals surface area contributed by atoms with E-state index in [-0.39, 0.29) is 22.3 Å². The Morgan fingerprint density at radius 2 is 1.62 bits per heavy atom. The van der Waals surface area contributed by atoms with E-state index in [9.17, 15) is 4.79 Å². The molecular formula is C13H26N2O. The summed E-state index contributed by atoms with van der Waals surface area (Å²) in [6.45, 7) is 15.9. The Kier molecular flexibility index (Phi) is 3.14. The predicted octanol–water partition coefficient (Wildman–Crippen LogP) is 2.57. The minimum Gasteiger partial charge on any atom is -0.288 e. The number of hydrogen-bond donors (Lipinski definition) is 1. The second-order valence-corrected chi connectivity index (χ2v) is 6.40. The highest BCUT2D eigenvalue weighted by Crippen LogP contribution is 2.51. The molecule has 0 saturated carbocycles. The molecule has 0 aromatic carbocycles. The van der Waals surface area contributed by atoms with Gasteiger partial charge in [0.1, 0.15) is 0 Å². The zero-order valence-corrected chi connectivity index (χ0v) is 11.8. The Morgan fingerprint density at radius 1 is 1.12 bits per heavy atom. The molecule has 0 radical (unpaired) electrons. The standard InChI is InChI=1S/C13H26N2O/c1-8-9-15-13(6,7)12(4,5)11(2,3)10(16)14-15/h8-9H2,1-7H3,(H,14,16). The lowest BCUT2D eigenvalue weighted by molar-refractivity contribution is -0.176. The molecule has 0 aromatic heterocycles. The van der Waals surface area contributed by atoms with Crippen LogP contribution in [0, 0.1) is 10.8 Å². The molecule has 16 heavy (non-hydrogen) atoms. The smallest absolute Gasteiger partial charge is 0.240 e. The second-order valence-electron chi connectivity index (χ2n) is 6.40. The average molecular weight is 226 g/mol. The van der Waals surface area contributed by atoms with Crippen molar-refractivity contribution in [3.63, 3.8) is 0 Å². The molecule has 94 valence electrons. The van der Waals surface area contributed by atoms with Crippen molar-refractivity contribution < 1.29 is 4.79 Å². The van der Waals surface area contributed by atoms with Crippen LogP contribution >= 0.6 is 0 Å². The molecule has 1 rings (SSSR count). The van der Waals surface area contributed by atoms with E-state index in [1.807, 2.05) is 13.8 Å². The van der Waals surface area contributed by atoms with Gasteiger partial charge >= 0.3 is 0 Å². The van der Waals surface area contributed by atoms with Gasteiger partial charge in [-0.2, -0.15) is 0 Å². The third kappa shape index (κ3) is 1.56.